The molecular formula is C13H14O2S. The van der Waals surface area contributed by atoms with Crippen LogP contribution in [0.4, 0.5) is 0 Å². The van der Waals surface area contributed by atoms with Gasteiger partial charge in [0.2, 0.25) is 0 Å². The predicted molar refractivity (Wildman–Crippen MR) is 65.9 cm³/mol. The molecule has 84 valence electrons. The molecule has 0 atom stereocenters. The first kappa shape index (κ1) is 10.3. The second-order valence-corrected chi connectivity index (χ2v) is 5.50. The van der Waals surface area contributed by atoms with E-state index in [0.717, 1.165) is 6.42 Å². The summed E-state index contributed by atoms with van der Waals surface area (Å²) >= 11 is 1.78. The molecule has 2 aromatic rings. The number of fused-ring (bicyclic) bond motifs is 1. The summed E-state index contributed by atoms with van der Waals surface area (Å²) in [6.45, 7) is 1.60. The second kappa shape index (κ2) is 3.84. The van der Waals surface area contributed by atoms with Crippen molar-refractivity contribution in [3.8, 4) is 0 Å². The van der Waals surface area contributed by atoms with Crippen LogP contribution in [0.1, 0.15) is 5.56 Å². The maximum absolute atomic E-state index is 9.43. The molecule has 0 spiro atoms. The minimum Gasteiger partial charge on any atom is -0.396 e. The van der Waals surface area contributed by atoms with Crippen LogP contribution in [-0.4, -0.2) is 24.9 Å². The van der Waals surface area contributed by atoms with Crippen molar-refractivity contribution in [3.05, 3.63) is 35.2 Å². The molecule has 1 aliphatic rings. The molecule has 1 N–H and O–H groups in total. The summed E-state index contributed by atoms with van der Waals surface area (Å²) < 4.78 is 6.56. The summed E-state index contributed by atoms with van der Waals surface area (Å²) in [5, 5.41) is 13.0. The molecule has 0 amide bonds. The maximum atomic E-state index is 9.43. The smallest absolute Gasteiger partial charge is 0.0570 e. The molecular weight excluding hydrogens is 220 g/mol. The van der Waals surface area contributed by atoms with Crippen LogP contribution >= 0.6 is 11.3 Å². The van der Waals surface area contributed by atoms with Gasteiger partial charge in [-0.3, -0.25) is 0 Å². The van der Waals surface area contributed by atoms with Crippen LogP contribution in [0, 0.1) is 5.41 Å². The van der Waals surface area contributed by atoms with E-state index in [-0.39, 0.29) is 12.0 Å². The van der Waals surface area contributed by atoms with Gasteiger partial charge in [0, 0.05) is 10.1 Å². The van der Waals surface area contributed by atoms with E-state index in [1.54, 1.807) is 11.3 Å². The van der Waals surface area contributed by atoms with Crippen molar-refractivity contribution in [2.24, 2.45) is 5.41 Å². The fourth-order valence-corrected chi connectivity index (χ4v) is 3.18. The summed E-state index contributed by atoms with van der Waals surface area (Å²) in [4.78, 5) is 0. The predicted octanol–water partition coefficient (Wildman–Crippen LogP) is 2.45. The lowest BCUT2D eigenvalue weighted by Gasteiger charge is -2.39. The molecule has 1 fully saturated rings. The number of hydrogen-bond donors (Lipinski definition) is 1. The molecule has 0 aliphatic carbocycles. The third kappa shape index (κ3) is 1.56. The minimum atomic E-state index is -0.0240. The lowest BCUT2D eigenvalue weighted by Crippen LogP contribution is -2.47. The highest BCUT2D eigenvalue weighted by molar-refractivity contribution is 7.17. The molecule has 0 radical (unpaired) electrons. The van der Waals surface area contributed by atoms with Crippen LogP contribution in [0.2, 0.25) is 0 Å². The Labute approximate surface area is 98.5 Å². The minimum absolute atomic E-state index is 0.0240. The molecule has 3 rings (SSSR count). The summed E-state index contributed by atoms with van der Waals surface area (Å²) in [7, 11) is 0. The van der Waals surface area contributed by atoms with Gasteiger partial charge in [0.1, 0.15) is 0 Å². The van der Waals surface area contributed by atoms with Gasteiger partial charge in [-0.15, -0.1) is 11.3 Å². The van der Waals surface area contributed by atoms with Gasteiger partial charge in [-0.1, -0.05) is 18.2 Å². The van der Waals surface area contributed by atoms with Gasteiger partial charge in [0.25, 0.3) is 0 Å². The standard InChI is InChI=1S/C13H14O2S/c14-7-13(8-15-9-13)5-10-6-16-12-4-2-1-3-11(10)12/h1-4,6,14H,5,7-9H2. The van der Waals surface area contributed by atoms with E-state index in [1.807, 2.05) is 0 Å². The number of rotatable bonds is 3. The van der Waals surface area contributed by atoms with Gasteiger partial charge in [-0.2, -0.15) is 0 Å². The Kier molecular flexibility index (Phi) is 2.46. The Bertz CT molecular complexity index is 494. The molecule has 16 heavy (non-hydrogen) atoms. The van der Waals surface area contributed by atoms with Crippen LogP contribution in [0.25, 0.3) is 10.1 Å². The van der Waals surface area contributed by atoms with Gasteiger partial charge >= 0.3 is 0 Å². The molecule has 0 unspecified atom stereocenters. The molecule has 1 aromatic carbocycles. The first-order valence-electron chi connectivity index (χ1n) is 5.47. The third-order valence-corrected chi connectivity index (χ3v) is 4.29. The van der Waals surface area contributed by atoms with Crippen molar-refractivity contribution in [1.29, 1.82) is 0 Å². The summed E-state index contributed by atoms with van der Waals surface area (Å²) in [6, 6.07) is 8.44. The van der Waals surface area contributed by atoms with Crippen LogP contribution in [0.15, 0.2) is 29.6 Å². The van der Waals surface area contributed by atoms with Gasteiger partial charge in [-0.25, -0.2) is 0 Å². The lowest BCUT2D eigenvalue weighted by atomic mass is 9.80. The molecule has 3 heteroatoms. The van der Waals surface area contributed by atoms with Crippen LogP contribution in [0.3, 0.4) is 0 Å². The van der Waals surface area contributed by atoms with Gasteiger partial charge in [0.15, 0.2) is 0 Å². The average molecular weight is 234 g/mol. The van der Waals surface area contributed by atoms with E-state index in [4.69, 9.17) is 4.74 Å². The van der Waals surface area contributed by atoms with Crippen molar-refractivity contribution in [2.75, 3.05) is 19.8 Å². The van der Waals surface area contributed by atoms with Crippen molar-refractivity contribution in [2.45, 2.75) is 6.42 Å². The van der Waals surface area contributed by atoms with Gasteiger partial charge < -0.3 is 9.84 Å². The average Bonchev–Trinajstić information content (AvgIpc) is 2.67. The molecule has 1 saturated heterocycles. The van der Waals surface area contributed by atoms with Gasteiger partial charge in [0.05, 0.1) is 19.8 Å². The topological polar surface area (TPSA) is 29.5 Å². The van der Waals surface area contributed by atoms with E-state index >= 15 is 0 Å². The van der Waals surface area contributed by atoms with E-state index < -0.39 is 0 Å². The molecule has 2 heterocycles. The number of ether oxygens (including phenoxy) is 1. The normalized spacial score (nSPS) is 18.6. The van der Waals surface area contributed by atoms with Crippen LogP contribution in [-0.2, 0) is 11.2 Å². The number of hydrogen-bond acceptors (Lipinski definition) is 3. The second-order valence-electron chi connectivity index (χ2n) is 4.58. The van der Waals surface area contributed by atoms with Crippen molar-refractivity contribution < 1.29 is 9.84 Å². The molecule has 1 aromatic heterocycles. The van der Waals surface area contributed by atoms with Gasteiger partial charge in [-0.05, 0) is 28.8 Å². The number of thiophene rings is 1. The number of aliphatic hydroxyl groups excluding tert-OH is 1. The molecule has 2 nitrogen and oxygen atoms in total. The Hall–Kier alpha value is -0.900. The molecule has 0 bridgehead atoms. The highest BCUT2D eigenvalue weighted by atomic mass is 32.1. The van der Waals surface area contributed by atoms with Crippen LogP contribution < -0.4 is 0 Å². The zero-order chi connectivity index (χ0) is 11.0. The molecule has 0 saturated carbocycles. The summed E-state index contributed by atoms with van der Waals surface area (Å²) in [6.07, 6.45) is 0.924. The third-order valence-electron chi connectivity index (χ3n) is 3.28. The van der Waals surface area contributed by atoms with Crippen molar-refractivity contribution >= 4 is 21.4 Å². The lowest BCUT2D eigenvalue weighted by molar-refractivity contribution is -0.135. The van der Waals surface area contributed by atoms with E-state index in [9.17, 15) is 5.11 Å². The first-order chi connectivity index (χ1) is 7.83. The van der Waals surface area contributed by atoms with Crippen LogP contribution in [0.5, 0.6) is 0 Å². The molecule has 1 aliphatic heterocycles. The SMILES string of the molecule is OCC1(Cc2csc3ccccc23)COC1. The van der Waals surface area contributed by atoms with E-state index in [0.29, 0.717) is 13.2 Å². The zero-order valence-corrected chi connectivity index (χ0v) is 9.80. The van der Waals surface area contributed by atoms with Crippen molar-refractivity contribution in [3.63, 3.8) is 0 Å². The first-order valence-corrected chi connectivity index (χ1v) is 6.35. The highest BCUT2D eigenvalue weighted by Gasteiger charge is 2.38. The van der Waals surface area contributed by atoms with E-state index in [2.05, 4.69) is 29.6 Å². The van der Waals surface area contributed by atoms with Crippen molar-refractivity contribution in [1.82, 2.24) is 0 Å². The Morgan fingerprint density at radius 1 is 1.31 bits per heavy atom. The summed E-state index contributed by atoms with van der Waals surface area (Å²) in [5.41, 5.74) is 1.32. The fourth-order valence-electron chi connectivity index (χ4n) is 2.21. The Morgan fingerprint density at radius 2 is 2.12 bits per heavy atom. The quantitative estimate of drug-likeness (QED) is 0.884. The van der Waals surface area contributed by atoms with E-state index in [1.165, 1.54) is 15.6 Å². The largest absolute Gasteiger partial charge is 0.396 e. The number of aliphatic hydroxyl groups is 1. The maximum Gasteiger partial charge on any atom is 0.0570 e. The summed E-state index contributed by atoms with van der Waals surface area (Å²) in [5.74, 6) is 0. The monoisotopic (exact) mass is 234 g/mol. The fraction of sp³-hybridized carbons (Fsp3) is 0.385. The number of benzene rings is 1. The zero-order valence-electron chi connectivity index (χ0n) is 8.98. The Morgan fingerprint density at radius 3 is 2.81 bits per heavy atom. The highest BCUT2D eigenvalue weighted by Crippen LogP contribution is 2.35. The Balaban J connectivity index is 1.94.